The molecule has 1 heterocycles. The van der Waals surface area contributed by atoms with Crippen molar-refractivity contribution >= 4 is 39.1 Å². The molecule has 7 heteroatoms. The highest BCUT2D eigenvalue weighted by Gasteiger charge is 2.20. The van der Waals surface area contributed by atoms with Gasteiger partial charge in [0.15, 0.2) is 0 Å². The first kappa shape index (κ1) is 16.9. The van der Waals surface area contributed by atoms with E-state index in [9.17, 15) is 13.2 Å². The molecule has 2 aromatic carbocycles. The van der Waals surface area contributed by atoms with E-state index in [-0.39, 0.29) is 10.8 Å². The van der Waals surface area contributed by atoms with Crippen LogP contribution in [0.1, 0.15) is 17.5 Å². The molecule has 0 aromatic heterocycles. The molecule has 3 rings (SSSR count). The van der Waals surface area contributed by atoms with Crippen LogP contribution in [0.4, 0.5) is 11.4 Å². The number of hydrogen-bond acceptors (Lipinski definition) is 4. The molecule has 0 atom stereocenters. The van der Waals surface area contributed by atoms with E-state index in [1.54, 1.807) is 30.0 Å². The Bertz CT molecular complexity index is 908. The molecular weight excluding hydrogens is 344 g/mol. The standard InChI is InChI=1S/C17H18N2O3S2/c1-11-4-3-5-14(12(11)2)19-24(21,22)13-6-7-16-15(10-13)18-17(20)8-9-23-16/h3-7,10,19H,8-9H2,1-2H3,(H,18,20). The second-order valence-corrected chi connectivity index (χ2v) is 8.48. The van der Waals surface area contributed by atoms with Gasteiger partial charge in [0.05, 0.1) is 16.3 Å². The maximum Gasteiger partial charge on any atom is 0.261 e. The molecule has 0 radical (unpaired) electrons. The minimum Gasteiger partial charge on any atom is -0.325 e. The molecule has 1 aliphatic heterocycles. The third-order valence-electron chi connectivity index (χ3n) is 3.97. The lowest BCUT2D eigenvalue weighted by Gasteiger charge is -2.14. The lowest BCUT2D eigenvalue weighted by atomic mass is 10.1. The highest BCUT2D eigenvalue weighted by Crippen LogP contribution is 2.33. The summed E-state index contributed by atoms with van der Waals surface area (Å²) >= 11 is 1.54. The Balaban J connectivity index is 1.95. The minimum atomic E-state index is -3.73. The van der Waals surface area contributed by atoms with Gasteiger partial charge in [-0.15, -0.1) is 11.8 Å². The molecule has 5 nitrogen and oxygen atoms in total. The predicted octanol–water partition coefficient (Wildman–Crippen LogP) is 3.54. The first-order valence-electron chi connectivity index (χ1n) is 7.52. The highest BCUT2D eigenvalue weighted by molar-refractivity contribution is 7.99. The van der Waals surface area contributed by atoms with E-state index in [2.05, 4.69) is 10.0 Å². The first-order valence-corrected chi connectivity index (χ1v) is 9.99. The summed E-state index contributed by atoms with van der Waals surface area (Å²) in [6.45, 7) is 3.81. The highest BCUT2D eigenvalue weighted by atomic mass is 32.2. The Hall–Kier alpha value is -1.99. The summed E-state index contributed by atoms with van der Waals surface area (Å²) in [5.41, 5.74) is 3.01. The molecule has 0 saturated heterocycles. The van der Waals surface area contributed by atoms with Crippen LogP contribution in [0.2, 0.25) is 0 Å². The fraction of sp³-hybridized carbons (Fsp3) is 0.235. The SMILES string of the molecule is Cc1cccc(NS(=O)(=O)c2ccc3c(c2)NC(=O)CCS3)c1C. The van der Waals surface area contributed by atoms with E-state index in [0.717, 1.165) is 16.0 Å². The number of hydrogen-bond donors (Lipinski definition) is 2. The van der Waals surface area contributed by atoms with Crippen LogP contribution in [0.15, 0.2) is 46.2 Å². The number of amides is 1. The molecule has 126 valence electrons. The normalized spacial score (nSPS) is 14.5. The lowest BCUT2D eigenvalue weighted by Crippen LogP contribution is -2.15. The van der Waals surface area contributed by atoms with E-state index in [0.29, 0.717) is 23.5 Å². The summed E-state index contributed by atoms with van der Waals surface area (Å²) in [7, 11) is -3.73. The number of anilines is 2. The maximum atomic E-state index is 12.7. The third-order valence-corrected chi connectivity index (χ3v) is 6.41. The quantitative estimate of drug-likeness (QED) is 0.876. The molecule has 24 heavy (non-hydrogen) atoms. The zero-order valence-corrected chi connectivity index (χ0v) is 15.1. The number of aryl methyl sites for hydroxylation is 1. The molecule has 0 aliphatic carbocycles. The van der Waals surface area contributed by atoms with Crippen molar-refractivity contribution in [1.82, 2.24) is 0 Å². The van der Waals surface area contributed by atoms with Crippen molar-refractivity contribution in [2.75, 3.05) is 15.8 Å². The van der Waals surface area contributed by atoms with Gasteiger partial charge in [-0.3, -0.25) is 9.52 Å². The molecule has 1 amide bonds. The van der Waals surface area contributed by atoms with Gasteiger partial charge in [0.1, 0.15) is 0 Å². The Morgan fingerprint density at radius 3 is 2.75 bits per heavy atom. The van der Waals surface area contributed by atoms with Crippen molar-refractivity contribution in [1.29, 1.82) is 0 Å². The number of thioether (sulfide) groups is 1. The van der Waals surface area contributed by atoms with Gasteiger partial charge in [-0.1, -0.05) is 12.1 Å². The molecule has 0 saturated carbocycles. The third kappa shape index (κ3) is 3.42. The molecule has 0 bridgehead atoms. The van der Waals surface area contributed by atoms with Crippen molar-refractivity contribution in [2.45, 2.75) is 30.1 Å². The van der Waals surface area contributed by atoms with Crippen molar-refractivity contribution in [3.05, 3.63) is 47.5 Å². The van der Waals surface area contributed by atoms with Crippen molar-refractivity contribution in [3.8, 4) is 0 Å². The summed E-state index contributed by atoms with van der Waals surface area (Å²) in [4.78, 5) is 12.7. The topological polar surface area (TPSA) is 75.3 Å². The van der Waals surface area contributed by atoms with Gasteiger partial charge in [-0.05, 0) is 49.2 Å². The second kappa shape index (κ2) is 6.49. The number of rotatable bonds is 3. The number of carbonyl (C=O) groups excluding carboxylic acids is 1. The number of fused-ring (bicyclic) bond motifs is 1. The minimum absolute atomic E-state index is 0.0988. The van der Waals surface area contributed by atoms with Gasteiger partial charge < -0.3 is 5.32 Å². The lowest BCUT2D eigenvalue weighted by molar-refractivity contribution is -0.115. The van der Waals surface area contributed by atoms with Crippen LogP contribution in [0.5, 0.6) is 0 Å². The van der Waals surface area contributed by atoms with E-state index in [4.69, 9.17) is 0 Å². The second-order valence-electron chi connectivity index (χ2n) is 5.66. The largest absolute Gasteiger partial charge is 0.325 e. The molecule has 0 unspecified atom stereocenters. The van der Waals surface area contributed by atoms with E-state index >= 15 is 0 Å². The van der Waals surface area contributed by atoms with Crippen LogP contribution >= 0.6 is 11.8 Å². The van der Waals surface area contributed by atoms with Crippen molar-refractivity contribution in [2.24, 2.45) is 0 Å². The molecule has 2 N–H and O–H groups in total. The average molecular weight is 362 g/mol. The van der Waals surface area contributed by atoms with Crippen LogP contribution in [-0.2, 0) is 14.8 Å². The van der Waals surface area contributed by atoms with Crippen LogP contribution < -0.4 is 10.0 Å². The van der Waals surface area contributed by atoms with Crippen LogP contribution in [0, 0.1) is 13.8 Å². The summed E-state index contributed by atoms with van der Waals surface area (Å²) < 4.78 is 28.0. The first-order chi connectivity index (χ1) is 11.4. The molecule has 1 aliphatic rings. The smallest absolute Gasteiger partial charge is 0.261 e. The molecular formula is C17H18N2O3S2. The number of nitrogens with one attached hydrogen (secondary N) is 2. The van der Waals surface area contributed by atoms with Crippen LogP contribution in [0.25, 0.3) is 0 Å². The summed E-state index contributed by atoms with van der Waals surface area (Å²) in [5.74, 6) is 0.587. The van der Waals surface area contributed by atoms with Crippen LogP contribution in [-0.4, -0.2) is 20.1 Å². The maximum absolute atomic E-state index is 12.7. The average Bonchev–Trinajstić information content (AvgIpc) is 2.71. The number of carbonyl (C=O) groups is 1. The predicted molar refractivity (Wildman–Crippen MR) is 97.1 cm³/mol. The number of sulfonamides is 1. The zero-order valence-electron chi connectivity index (χ0n) is 13.4. The van der Waals surface area contributed by atoms with Crippen LogP contribution in [0.3, 0.4) is 0 Å². The van der Waals surface area contributed by atoms with E-state index < -0.39 is 10.0 Å². The van der Waals surface area contributed by atoms with Gasteiger partial charge in [-0.2, -0.15) is 0 Å². The fourth-order valence-corrected chi connectivity index (χ4v) is 4.52. The summed E-state index contributed by atoms with van der Waals surface area (Å²) in [6, 6.07) is 10.3. The Labute approximate surface area is 145 Å². The van der Waals surface area contributed by atoms with Gasteiger partial charge in [0.2, 0.25) is 5.91 Å². The zero-order chi connectivity index (χ0) is 17.3. The summed E-state index contributed by atoms with van der Waals surface area (Å²) in [6.07, 6.45) is 0.419. The van der Waals surface area contributed by atoms with E-state index in [1.165, 1.54) is 6.07 Å². The van der Waals surface area contributed by atoms with Gasteiger partial charge in [0, 0.05) is 17.1 Å². The van der Waals surface area contributed by atoms with Crippen molar-refractivity contribution < 1.29 is 13.2 Å². The van der Waals surface area contributed by atoms with Crippen molar-refractivity contribution in [3.63, 3.8) is 0 Å². The van der Waals surface area contributed by atoms with Gasteiger partial charge in [0.25, 0.3) is 10.0 Å². The fourth-order valence-electron chi connectivity index (χ4n) is 2.43. The summed E-state index contributed by atoms with van der Waals surface area (Å²) in [5, 5.41) is 2.77. The molecule has 2 aromatic rings. The Kier molecular flexibility index (Phi) is 4.56. The van der Waals surface area contributed by atoms with Gasteiger partial charge >= 0.3 is 0 Å². The number of benzene rings is 2. The Morgan fingerprint density at radius 2 is 1.96 bits per heavy atom. The monoisotopic (exact) mass is 362 g/mol. The molecule has 0 spiro atoms. The molecule has 0 fully saturated rings. The Morgan fingerprint density at radius 1 is 1.17 bits per heavy atom. The van der Waals surface area contributed by atoms with E-state index in [1.807, 2.05) is 26.0 Å². The van der Waals surface area contributed by atoms with Gasteiger partial charge in [-0.25, -0.2) is 8.42 Å².